The smallest absolute Gasteiger partial charge is 0.254 e. The number of carbonyl (C=O) groups excluding carboxylic acids is 1. The van der Waals surface area contributed by atoms with Crippen LogP contribution in [0.1, 0.15) is 28.4 Å². The van der Waals surface area contributed by atoms with E-state index in [1.54, 1.807) is 0 Å². The first-order valence-electron chi connectivity index (χ1n) is 6.63. The van der Waals surface area contributed by atoms with E-state index in [1.165, 1.54) is 12.1 Å². The van der Waals surface area contributed by atoms with Crippen molar-refractivity contribution in [1.29, 1.82) is 0 Å². The maximum atomic E-state index is 13.6. The number of ether oxygens (including phenoxy) is 1. The zero-order valence-electron chi connectivity index (χ0n) is 11.1. The molecular formula is C16H13F2NO2. The maximum Gasteiger partial charge on any atom is 0.254 e. The van der Waals surface area contributed by atoms with Gasteiger partial charge in [-0.15, -0.1) is 0 Å². The SMILES string of the molecule is O=C(NC1CCOc2ccccc21)c1cccc(F)c1F. The Kier molecular flexibility index (Phi) is 3.56. The van der Waals surface area contributed by atoms with E-state index in [-0.39, 0.29) is 11.6 Å². The average molecular weight is 289 g/mol. The topological polar surface area (TPSA) is 38.3 Å². The Morgan fingerprint density at radius 1 is 1.14 bits per heavy atom. The Balaban J connectivity index is 1.85. The molecule has 3 nitrogen and oxygen atoms in total. The third-order valence-corrected chi connectivity index (χ3v) is 3.46. The van der Waals surface area contributed by atoms with Gasteiger partial charge in [-0.3, -0.25) is 4.79 Å². The van der Waals surface area contributed by atoms with Crippen molar-refractivity contribution >= 4 is 5.91 Å². The zero-order chi connectivity index (χ0) is 14.8. The quantitative estimate of drug-likeness (QED) is 0.922. The lowest BCUT2D eigenvalue weighted by molar-refractivity contribution is 0.0919. The van der Waals surface area contributed by atoms with Gasteiger partial charge in [0, 0.05) is 12.0 Å². The molecule has 0 fully saturated rings. The Hall–Kier alpha value is -2.43. The highest BCUT2D eigenvalue weighted by atomic mass is 19.2. The van der Waals surface area contributed by atoms with E-state index in [4.69, 9.17) is 4.74 Å². The molecule has 1 heterocycles. The molecule has 5 heteroatoms. The van der Waals surface area contributed by atoms with E-state index in [9.17, 15) is 13.6 Å². The van der Waals surface area contributed by atoms with Crippen molar-refractivity contribution in [2.45, 2.75) is 12.5 Å². The lowest BCUT2D eigenvalue weighted by Crippen LogP contribution is -2.32. The van der Waals surface area contributed by atoms with Gasteiger partial charge in [0.25, 0.3) is 5.91 Å². The standard InChI is InChI=1S/C16H13F2NO2/c17-12-6-3-5-11(15(12)18)16(20)19-13-8-9-21-14-7-2-1-4-10(13)14/h1-7,13H,8-9H2,(H,19,20). The van der Waals surface area contributed by atoms with Gasteiger partial charge in [0.15, 0.2) is 11.6 Å². The van der Waals surface area contributed by atoms with E-state index in [0.717, 1.165) is 11.6 Å². The van der Waals surface area contributed by atoms with Gasteiger partial charge in [-0.1, -0.05) is 24.3 Å². The van der Waals surface area contributed by atoms with Crippen molar-refractivity contribution in [2.24, 2.45) is 0 Å². The predicted molar refractivity (Wildman–Crippen MR) is 73.1 cm³/mol. The van der Waals surface area contributed by atoms with Gasteiger partial charge in [0.2, 0.25) is 0 Å². The highest BCUT2D eigenvalue weighted by molar-refractivity contribution is 5.94. The van der Waals surface area contributed by atoms with Crippen molar-refractivity contribution in [2.75, 3.05) is 6.61 Å². The molecule has 1 amide bonds. The molecule has 1 aliphatic rings. The molecule has 0 saturated heterocycles. The number of nitrogens with one attached hydrogen (secondary N) is 1. The molecule has 0 aliphatic carbocycles. The molecule has 1 aliphatic heterocycles. The molecule has 3 rings (SSSR count). The van der Waals surface area contributed by atoms with Crippen LogP contribution in [-0.4, -0.2) is 12.5 Å². The van der Waals surface area contributed by atoms with E-state index in [0.29, 0.717) is 18.8 Å². The fourth-order valence-electron chi connectivity index (χ4n) is 2.41. The highest BCUT2D eigenvalue weighted by Crippen LogP contribution is 2.31. The highest BCUT2D eigenvalue weighted by Gasteiger charge is 2.24. The molecule has 108 valence electrons. The largest absolute Gasteiger partial charge is 0.493 e. The van der Waals surface area contributed by atoms with Crippen LogP contribution in [0.25, 0.3) is 0 Å². The molecular weight excluding hydrogens is 276 g/mol. The summed E-state index contributed by atoms with van der Waals surface area (Å²) in [5.41, 5.74) is 0.549. The van der Waals surface area contributed by atoms with Crippen LogP contribution in [0.4, 0.5) is 8.78 Å². The van der Waals surface area contributed by atoms with E-state index < -0.39 is 17.5 Å². The Morgan fingerprint density at radius 3 is 2.81 bits per heavy atom. The van der Waals surface area contributed by atoms with Crippen LogP contribution in [-0.2, 0) is 0 Å². The number of rotatable bonds is 2. The van der Waals surface area contributed by atoms with E-state index in [1.807, 2.05) is 24.3 Å². The first-order chi connectivity index (χ1) is 10.2. The van der Waals surface area contributed by atoms with Crippen LogP contribution in [0.15, 0.2) is 42.5 Å². The van der Waals surface area contributed by atoms with Crippen molar-refractivity contribution < 1.29 is 18.3 Å². The lowest BCUT2D eigenvalue weighted by atomic mass is 10.00. The normalized spacial score (nSPS) is 16.8. The Bertz CT molecular complexity index is 688. The number of halogens is 2. The fourth-order valence-corrected chi connectivity index (χ4v) is 2.41. The maximum absolute atomic E-state index is 13.6. The summed E-state index contributed by atoms with van der Waals surface area (Å²) >= 11 is 0. The summed E-state index contributed by atoms with van der Waals surface area (Å²) in [6, 6.07) is 10.6. The van der Waals surface area contributed by atoms with Crippen LogP contribution in [0.3, 0.4) is 0 Å². The van der Waals surface area contributed by atoms with Crippen molar-refractivity contribution in [3.8, 4) is 5.75 Å². The molecule has 1 N–H and O–H groups in total. The number of amides is 1. The van der Waals surface area contributed by atoms with Crippen molar-refractivity contribution in [1.82, 2.24) is 5.32 Å². The number of benzene rings is 2. The third-order valence-electron chi connectivity index (χ3n) is 3.46. The van der Waals surface area contributed by atoms with Gasteiger partial charge in [0.1, 0.15) is 5.75 Å². The Morgan fingerprint density at radius 2 is 1.95 bits per heavy atom. The van der Waals surface area contributed by atoms with Crippen LogP contribution in [0.5, 0.6) is 5.75 Å². The molecule has 0 bridgehead atoms. The third kappa shape index (κ3) is 2.59. The predicted octanol–water partition coefficient (Wildman–Crippen LogP) is 3.22. The van der Waals surface area contributed by atoms with Gasteiger partial charge in [-0.05, 0) is 18.2 Å². The van der Waals surface area contributed by atoms with Crippen LogP contribution in [0.2, 0.25) is 0 Å². The summed E-state index contributed by atoms with van der Waals surface area (Å²) in [4.78, 5) is 12.1. The molecule has 1 atom stereocenters. The first kappa shape index (κ1) is 13.5. The van der Waals surface area contributed by atoms with E-state index in [2.05, 4.69) is 5.32 Å². The van der Waals surface area contributed by atoms with Gasteiger partial charge >= 0.3 is 0 Å². The molecule has 21 heavy (non-hydrogen) atoms. The summed E-state index contributed by atoms with van der Waals surface area (Å²) in [7, 11) is 0. The number of hydrogen-bond donors (Lipinski definition) is 1. The molecule has 0 spiro atoms. The molecule has 0 saturated carbocycles. The second-order valence-corrected chi connectivity index (χ2v) is 4.80. The monoisotopic (exact) mass is 289 g/mol. The molecule has 0 radical (unpaired) electrons. The van der Waals surface area contributed by atoms with Gasteiger partial charge in [-0.25, -0.2) is 8.78 Å². The summed E-state index contributed by atoms with van der Waals surface area (Å²) in [5, 5.41) is 2.73. The molecule has 0 aromatic heterocycles. The van der Waals surface area contributed by atoms with Crippen LogP contribution in [0, 0.1) is 11.6 Å². The van der Waals surface area contributed by atoms with Crippen LogP contribution >= 0.6 is 0 Å². The summed E-state index contributed by atoms with van der Waals surface area (Å²) in [6.45, 7) is 0.466. The second-order valence-electron chi connectivity index (χ2n) is 4.80. The lowest BCUT2D eigenvalue weighted by Gasteiger charge is -2.26. The number of para-hydroxylation sites is 1. The van der Waals surface area contributed by atoms with Crippen molar-refractivity contribution in [3.63, 3.8) is 0 Å². The van der Waals surface area contributed by atoms with Crippen LogP contribution < -0.4 is 10.1 Å². The minimum Gasteiger partial charge on any atom is -0.493 e. The summed E-state index contributed by atoms with van der Waals surface area (Å²) < 4.78 is 32.3. The minimum absolute atomic E-state index is 0.273. The van der Waals surface area contributed by atoms with E-state index >= 15 is 0 Å². The van der Waals surface area contributed by atoms with Gasteiger partial charge in [-0.2, -0.15) is 0 Å². The molecule has 1 unspecified atom stereocenters. The van der Waals surface area contributed by atoms with Gasteiger partial charge < -0.3 is 10.1 Å². The Labute approximate surface area is 120 Å². The number of fused-ring (bicyclic) bond motifs is 1. The second kappa shape index (κ2) is 5.52. The molecule has 2 aromatic carbocycles. The van der Waals surface area contributed by atoms with Gasteiger partial charge in [0.05, 0.1) is 18.2 Å². The number of carbonyl (C=O) groups is 1. The summed E-state index contributed by atoms with van der Waals surface area (Å²) in [5.74, 6) is -2.09. The van der Waals surface area contributed by atoms with Crippen molar-refractivity contribution in [3.05, 3.63) is 65.2 Å². The zero-order valence-corrected chi connectivity index (χ0v) is 11.1. The summed E-state index contributed by atoms with van der Waals surface area (Å²) in [6.07, 6.45) is 0.583. The molecule has 2 aromatic rings. The number of hydrogen-bond acceptors (Lipinski definition) is 2. The first-order valence-corrected chi connectivity index (χ1v) is 6.63. The average Bonchev–Trinajstić information content (AvgIpc) is 2.50. The minimum atomic E-state index is -1.13. The fraction of sp³-hybridized carbons (Fsp3) is 0.188.